The molecule has 1 heterocycles. The van der Waals surface area contributed by atoms with Crippen molar-refractivity contribution in [2.45, 2.75) is 33.1 Å². The summed E-state index contributed by atoms with van der Waals surface area (Å²) in [6, 6.07) is 0. The highest BCUT2D eigenvalue weighted by Crippen LogP contribution is 2.21. The van der Waals surface area contributed by atoms with Crippen LogP contribution in [-0.2, 0) is 14.3 Å². The van der Waals surface area contributed by atoms with Gasteiger partial charge in [-0.3, -0.25) is 9.59 Å². The summed E-state index contributed by atoms with van der Waals surface area (Å²) in [5, 5.41) is 0. The Labute approximate surface area is 96.9 Å². The summed E-state index contributed by atoms with van der Waals surface area (Å²) in [6.45, 7) is 5.97. The lowest BCUT2D eigenvalue weighted by Crippen LogP contribution is -2.42. The Bertz CT molecular complexity index is 255. The first kappa shape index (κ1) is 13.0. The van der Waals surface area contributed by atoms with Crippen molar-refractivity contribution in [3.8, 4) is 0 Å². The molecule has 4 nitrogen and oxygen atoms in total. The second kappa shape index (κ2) is 5.87. The number of likely N-dealkylation sites (tertiary alicyclic amines) is 1. The molecule has 0 N–H and O–H groups in total. The van der Waals surface area contributed by atoms with Crippen LogP contribution >= 0.6 is 0 Å². The molecule has 0 aromatic carbocycles. The minimum atomic E-state index is -0.313. The molecule has 0 radical (unpaired) electrons. The number of piperidine rings is 1. The zero-order chi connectivity index (χ0) is 12.1. The summed E-state index contributed by atoms with van der Waals surface area (Å²) in [7, 11) is 1.35. The lowest BCUT2D eigenvalue weighted by atomic mass is 9.91. The van der Waals surface area contributed by atoms with Gasteiger partial charge >= 0.3 is 5.97 Å². The van der Waals surface area contributed by atoms with Crippen LogP contribution in [0.2, 0.25) is 0 Å². The van der Waals surface area contributed by atoms with Gasteiger partial charge in [0.1, 0.15) is 0 Å². The molecule has 0 spiro atoms. The van der Waals surface area contributed by atoms with Crippen molar-refractivity contribution >= 4 is 11.9 Å². The molecule has 0 aliphatic carbocycles. The second-order valence-corrected chi connectivity index (χ2v) is 4.82. The Balaban J connectivity index is 2.38. The summed E-state index contributed by atoms with van der Waals surface area (Å²) in [5.74, 6) is 0.881. The molecular formula is C12H21NO3. The van der Waals surface area contributed by atoms with E-state index in [2.05, 4.69) is 18.6 Å². The monoisotopic (exact) mass is 227 g/mol. The van der Waals surface area contributed by atoms with Crippen LogP contribution in [0, 0.1) is 11.8 Å². The van der Waals surface area contributed by atoms with Gasteiger partial charge in [0.25, 0.3) is 0 Å². The Hall–Kier alpha value is -1.06. The lowest BCUT2D eigenvalue weighted by Gasteiger charge is -2.35. The summed E-state index contributed by atoms with van der Waals surface area (Å²) < 4.78 is 4.52. The topological polar surface area (TPSA) is 46.6 Å². The Morgan fingerprint density at radius 2 is 1.75 bits per heavy atom. The van der Waals surface area contributed by atoms with Crippen LogP contribution in [0.25, 0.3) is 0 Å². The fourth-order valence-corrected chi connectivity index (χ4v) is 2.34. The molecule has 0 aromatic rings. The first-order valence-corrected chi connectivity index (χ1v) is 5.87. The van der Waals surface area contributed by atoms with Crippen molar-refractivity contribution in [3.63, 3.8) is 0 Å². The first-order valence-electron chi connectivity index (χ1n) is 5.87. The molecule has 1 rings (SSSR count). The third kappa shape index (κ3) is 3.83. The maximum atomic E-state index is 11.8. The SMILES string of the molecule is COC(=O)CCC(=O)N1C[C@H](C)C[C@@H](C)C1. The van der Waals surface area contributed by atoms with Crippen LogP contribution in [-0.4, -0.2) is 37.0 Å². The van der Waals surface area contributed by atoms with Crippen molar-refractivity contribution in [2.24, 2.45) is 11.8 Å². The first-order chi connectivity index (χ1) is 7.52. The quantitative estimate of drug-likeness (QED) is 0.685. The smallest absolute Gasteiger partial charge is 0.306 e. The molecule has 1 amide bonds. The average molecular weight is 227 g/mol. The number of amides is 1. The van der Waals surface area contributed by atoms with E-state index in [1.54, 1.807) is 0 Å². The molecule has 1 aliphatic rings. The lowest BCUT2D eigenvalue weighted by molar-refractivity contribution is -0.144. The standard InChI is InChI=1S/C12H21NO3/c1-9-6-10(2)8-13(7-9)11(14)4-5-12(15)16-3/h9-10H,4-8H2,1-3H3/t9-,10-/m1/s1. The maximum Gasteiger partial charge on any atom is 0.306 e. The summed E-state index contributed by atoms with van der Waals surface area (Å²) in [6.07, 6.45) is 1.64. The number of ether oxygens (including phenoxy) is 1. The maximum absolute atomic E-state index is 11.8. The largest absolute Gasteiger partial charge is 0.469 e. The molecule has 92 valence electrons. The number of esters is 1. The van der Waals surface area contributed by atoms with E-state index in [9.17, 15) is 9.59 Å². The van der Waals surface area contributed by atoms with E-state index in [0.717, 1.165) is 13.1 Å². The molecular weight excluding hydrogens is 206 g/mol. The zero-order valence-electron chi connectivity index (χ0n) is 10.4. The highest BCUT2D eigenvalue weighted by molar-refractivity contribution is 5.81. The van der Waals surface area contributed by atoms with E-state index in [1.165, 1.54) is 13.5 Å². The van der Waals surface area contributed by atoms with Gasteiger partial charge in [-0.2, -0.15) is 0 Å². The van der Waals surface area contributed by atoms with E-state index in [4.69, 9.17) is 0 Å². The van der Waals surface area contributed by atoms with Gasteiger partial charge in [-0.1, -0.05) is 13.8 Å². The molecule has 0 unspecified atom stereocenters. The van der Waals surface area contributed by atoms with Crippen LogP contribution in [0.5, 0.6) is 0 Å². The normalized spacial score (nSPS) is 25.3. The molecule has 0 saturated carbocycles. The number of carbonyl (C=O) groups excluding carboxylic acids is 2. The van der Waals surface area contributed by atoms with E-state index in [0.29, 0.717) is 11.8 Å². The van der Waals surface area contributed by atoms with Gasteiger partial charge in [0, 0.05) is 19.5 Å². The summed E-state index contributed by atoms with van der Waals surface area (Å²) in [5.41, 5.74) is 0. The molecule has 2 atom stereocenters. The van der Waals surface area contributed by atoms with Crippen molar-refractivity contribution in [1.82, 2.24) is 4.90 Å². The van der Waals surface area contributed by atoms with Gasteiger partial charge in [0.05, 0.1) is 13.5 Å². The number of rotatable bonds is 3. The van der Waals surface area contributed by atoms with E-state index in [1.807, 2.05) is 4.90 Å². The van der Waals surface area contributed by atoms with Gasteiger partial charge in [-0.05, 0) is 18.3 Å². The average Bonchev–Trinajstić information content (AvgIpc) is 2.23. The van der Waals surface area contributed by atoms with Crippen LogP contribution in [0.1, 0.15) is 33.1 Å². The number of methoxy groups -OCH3 is 1. The molecule has 4 heteroatoms. The van der Waals surface area contributed by atoms with Crippen molar-refractivity contribution < 1.29 is 14.3 Å². The molecule has 16 heavy (non-hydrogen) atoms. The predicted octanol–water partition coefficient (Wildman–Crippen LogP) is 1.44. The van der Waals surface area contributed by atoms with Gasteiger partial charge in [-0.15, -0.1) is 0 Å². The minimum absolute atomic E-state index is 0.0730. The van der Waals surface area contributed by atoms with Crippen LogP contribution in [0.15, 0.2) is 0 Å². The van der Waals surface area contributed by atoms with Crippen molar-refractivity contribution in [1.29, 1.82) is 0 Å². The minimum Gasteiger partial charge on any atom is -0.469 e. The number of nitrogens with zero attached hydrogens (tertiary/aromatic N) is 1. The highest BCUT2D eigenvalue weighted by Gasteiger charge is 2.25. The molecule has 1 fully saturated rings. The van der Waals surface area contributed by atoms with Gasteiger partial charge in [-0.25, -0.2) is 0 Å². The van der Waals surface area contributed by atoms with Crippen LogP contribution < -0.4 is 0 Å². The predicted molar refractivity (Wildman–Crippen MR) is 60.8 cm³/mol. The Morgan fingerprint density at radius 1 is 1.19 bits per heavy atom. The van der Waals surface area contributed by atoms with E-state index in [-0.39, 0.29) is 24.7 Å². The molecule has 0 aromatic heterocycles. The molecule has 1 saturated heterocycles. The summed E-state index contributed by atoms with van der Waals surface area (Å²) in [4.78, 5) is 24.6. The van der Waals surface area contributed by atoms with Crippen LogP contribution in [0.3, 0.4) is 0 Å². The fourth-order valence-electron chi connectivity index (χ4n) is 2.34. The molecule has 1 aliphatic heterocycles. The van der Waals surface area contributed by atoms with Gasteiger partial charge in [0.2, 0.25) is 5.91 Å². The van der Waals surface area contributed by atoms with Crippen molar-refractivity contribution in [2.75, 3.05) is 20.2 Å². The number of carbonyl (C=O) groups is 2. The zero-order valence-corrected chi connectivity index (χ0v) is 10.4. The number of hydrogen-bond donors (Lipinski definition) is 0. The second-order valence-electron chi connectivity index (χ2n) is 4.82. The van der Waals surface area contributed by atoms with E-state index >= 15 is 0 Å². The summed E-state index contributed by atoms with van der Waals surface area (Å²) >= 11 is 0. The fraction of sp³-hybridized carbons (Fsp3) is 0.833. The van der Waals surface area contributed by atoms with Crippen molar-refractivity contribution in [3.05, 3.63) is 0 Å². The number of hydrogen-bond acceptors (Lipinski definition) is 3. The van der Waals surface area contributed by atoms with E-state index < -0.39 is 0 Å². The van der Waals surface area contributed by atoms with Gasteiger partial charge in [0.15, 0.2) is 0 Å². The van der Waals surface area contributed by atoms with Crippen LogP contribution in [0.4, 0.5) is 0 Å². The Kier molecular flexibility index (Phi) is 4.77. The molecule has 0 bridgehead atoms. The Morgan fingerprint density at radius 3 is 2.25 bits per heavy atom. The van der Waals surface area contributed by atoms with Gasteiger partial charge < -0.3 is 9.64 Å². The highest BCUT2D eigenvalue weighted by atomic mass is 16.5. The third-order valence-electron chi connectivity index (χ3n) is 2.99. The third-order valence-corrected chi connectivity index (χ3v) is 2.99.